The van der Waals surface area contributed by atoms with E-state index in [9.17, 15) is 19.5 Å². The number of H-pyrrole nitrogens is 1. The number of fused-ring (bicyclic) bond motifs is 5. The molecule has 0 unspecified atom stereocenters. The van der Waals surface area contributed by atoms with Gasteiger partial charge in [-0.25, -0.2) is 4.79 Å². The summed E-state index contributed by atoms with van der Waals surface area (Å²) in [6.45, 7) is 0. The SMILES string of the molecule is O=C(O)c1ccccc1-c1ccccc1C(=O)Nc1ccc2c(c1)[nH]c(=O)c1ccccc12.c1ccc(-c2ccc3c(c2)N[C@@H]([C@H]2Nc4cc(-c5ccccc5)ccc4O2)O3)cc1. The van der Waals surface area contributed by atoms with Gasteiger partial charge in [0.15, 0.2) is 0 Å². The van der Waals surface area contributed by atoms with E-state index in [-0.39, 0.29) is 29.5 Å². The molecule has 0 saturated heterocycles. The van der Waals surface area contributed by atoms with Crippen molar-refractivity contribution < 1.29 is 24.2 Å². The Labute approximate surface area is 361 Å². The number of anilines is 3. The fourth-order valence-corrected chi connectivity index (χ4v) is 8.11. The van der Waals surface area contributed by atoms with E-state index in [0.29, 0.717) is 33.3 Å². The molecule has 0 aliphatic carbocycles. The standard InChI is InChI=1S/C27H18N2O4.C26H20N2O2/c30-25(21-10-4-1-7-17(21)18-8-3-6-12-23(18)27(32)33)28-16-13-14-20-19-9-2-5-11-22(19)26(31)29-24(20)15-16;1-3-7-17(8-4-1)19-11-13-23-21(15-19)27-25(29-23)26-28-22-16-20(12-14-24(22)30-26)18-9-5-2-6-10-18/h1-15H,(H,28,30)(H,29,31)(H,32,33);1-16,25-28H/t;25-,26+. The second-order valence-electron chi connectivity index (χ2n) is 15.1. The number of pyridine rings is 1. The van der Waals surface area contributed by atoms with Gasteiger partial charge in [0.2, 0.25) is 12.5 Å². The molecule has 0 radical (unpaired) electrons. The fourth-order valence-electron chi connectivity index (χ4n) is 8.11. The second-order valence-corrected chi connectivity index (χ2v) is 15.1. The lowest BCUT2D eigenvalue weighted by atomic mass is 9.95. The lowest BCUT2D eigenvalue weighted by molar-refractivity contribution is 0.0697. The minimum absolute atomic E-state index is 0.118. The molecule has 0 bridgehead atoms. The number of amides is 1. The molecule has 306 valence electrons. The van der Waals surface area contributed by atoms with Crippen molar-refractivity contribution in [1.82, 2.24) is 4.98 Å². The summed E-state index contributed by atoms with van der Waals surface area (Å²) in [5.74, 6) is 0.233. The fraction of sp³-hybridized carbons (Fsp3) is 0.0377. The maximum atomic E-state index is 13.2. The Kier molecular flexibility index (Phi) is 10.1. The third-order valence-electron chi connectivity index (χ3n) is 11.2. The molecule has 2 aliphatic rings. The number of benzene rings is 8. The average molecular weight is 827 g/mol. The van der Waals surface area contributed by atoms with Gasteiger partial charge in [-0.2, -0.15) is 0 Å². The number of rotatable bonds is 7. The summed E-state index contributed by atoms with van der Waals surface area (Å²) in [5.41, 5.74) is 9.01. The maximum Gasteiger partial charge on any atom is 0.336 e. The zero-order valence-corrected chi connectivity index (χ0v) is 33.5. The first kappa shape index (κ1) is 38.6. The summed E-state index contributed by atoms with van der Waals surface area (Å²) in [6.07, 6.45) is -0.614. The van der Waals surface area contributed by atoms with E-state index in [0.717, 1.165) is 44.8 Å². The van der Waals surface area contributed by atoms with Crippen LogP contribution in [-0.4, -0.2) is 34.4 Å². The number of carboxylic acid groups (broad SMARTS) is 1. The minimum atomic E-state index is -1.06. The third kappa shape index (κ3) is 7.69. The summed E-state index contributed by atoms with van der Waals surface area (Å²) in [6, 6.07) is 59.3. The summed E-state index contributed by atoms with van der Waals surface area (Å²) < 4.78 is 12.3. The number of aromatic amines is 1. The molecule has 2 atom stereocenters. The molecule has 2 aliphatic heterocycles. The number of carboxylic acids is 1. The quantitative estimate of drug-likeness (QED) is 0.100. The van der Waals surface area contributed by atoms with Crippen LogP contribution in [0.15, 0.2) is 193 Å². The van der Waals surface area contributed by atoms with Crippen molar-refractivity contribution in [3.63, 3.8) is 0 Å². The molecule has 1 aromatic heterocycles. The maximum absolute atomic E-state index is 13.2. The monoisotopic (exact) mass is 826 g/mol. The van der Waals surface area contributed by atoms with Crippen LogP contribution in [0.4, 0.5) is 17.1 Å². The van der Waals surface area contributed by atoms with Crippen LogP contribution in [0.2, 0.25) is 0 Å². The third-order valence-corrected chi connectivity index (χ3v) is 11.2. The molecular weight excluding hydrogens is 789 g/mol. The lowest BCUT2D eigenvalue weighted by Gasteiger charge is -2.18. The highest BCUT2D eigenvalue weighted by Crippen LogP contribution is 2.41. The van der Waals surface area contributed by atoms with Crippen LogP contribution in [-0.2, 0) is 0 Å². The number of aromatic nitrogens is 1. The van der Waals surface area contributed by atoms with Gasteiger partial charge in [-0.05, 0) is 93.4 Å². The first-order chi connectivity index (χ1) is 30.9. The van der Waals surface area contributed by atoms with Crippen molar-refractivity contribution in [1.29, 1.82) is 0 Å². The van der Waals surface area contributed by atoms with Crippen molar-refractivity contribution >= 4 is 50.6 Å². The van der Waals surface area contributed by atoms with Gasteiger partial charge in [0, 0.05) is 22.0 Å². The highest BCUT2D eigenvalue weighted by atomic mass is 16.6. The first-order valence-electron chi connectivity index (χ1n) is 20.4. The van der Waals surface area contributed by atoms with E-state index in [1.54, 1.807) is 60.7 Å². The van der Waals surface area contributed by atoms with Crippen LogP contribution in [0, 0.1) is 0 Å². The Morgan fingerprint density at radius 3 is 1.59 bits per heavy atom. The average Bonchev–Trinajstić information content (AvgIpc) is 3.97. The van der Waals surface area contributed by atoms with Gasteiger partial charge in [-0.15, -0.1) is 0 Å². The van der Waals surface area contributed by atoms with Gasteiger partial charge < -0.3 is 35.5 Å². The highest BCUT2D eigenvalue weighted by Gasteiger charge is 2.36. The van der Waals surface area contributed by atoms with Gasteiger partial charge in [-0.1, -0.05) is 133 Å². The smallest absolute Gasteiger partial charge is 0.336 e. The number of aromatic carboxylic acids is 1. The Morgan fingerprint density at radius 1 is 0.492 bits per heavy atom. The van der Waals surface area contributed by atoms with E-state index >= 15 is 0 Å². The predicted octanol–water partition coefficient (Wildman–Crippen LogP) is 11.3. The van der Waals surface area contributed by atoms with Crippen LogP contribution >= 0.6 is 0 Å². The Morgan fingerprint density at radius 2 is 1.00 bits per heavy atom. The van der Waals surface area contributed by atoms with E-state index in [1.165, 1.54) is 17.2 Å². The van der Waals surface area contributed by atoms with Crippen molar-refractivity contribution in [2.24, 2.45) is 0 Å². The summed E-state index contributed by atoms with van der Waals surface area (Å²) in [5, 5.41) is 21.7. The van der Waals surface area contributed by atoms with Crippen LogP contribution in [0.1, 0.15) is 20.7 Å². The topological polar surface area (TPSA) is 142 Å². The van der Waals surface area contributed by atoms with E-state index in [4.69, 9.17) is 9.47 Å². The van der Waals surface area contributed by atoms with Gasteiger partial charge in [0.25, 0.3) is 11.5 Å². The Hall–Kier alpha value is -8.63. The van der Waals surface area contributed by atoms with Gasteiger partial charge in [0.1, 0.15) is 11.5 Å². The molecule has 3 heterocycles. The molecular formula is C53H38N4O6. The summed E-state index contributed by atoms with van der Waals surface area (Å²) >= 11 is 0. The van der Waals surface area contributed by atoms with Crippen molar-refractivity contribution in [3.05, 3.63) is 210 Å². The number of hydrogen-bond acceptors (Lipinski definition) is 7. The molecule has 11 rings (SSSR count). The van der Waals surface area contributed by atoms with E-state index in [1.807, 2.05) is 72.8 Å². The van der Waals surface area contributed by atoms with Gasteiger partial charge in [-0.3, -0.25) is 9.59 Å². The number of carbonyl (C=O) groups excluding carboxylic acids is 1. The minimum Gasteiger partial charge on any atom is -0.478 e. The van der Waals surface area contributed by atoms with Gasteiger partial charge >= 0.3 is 5.97 Å². The number of hydrogen-bond donors (Lipinski definition) is 5. The molecule has 9 aromatic rings. The zero-order valence-electron chi connectivity index (χ0n) is 33.5. The van der Waals surface area contributed by atoms with Crippen LogP contribution < -0.4 is 31.0 Å². The highest BCUT2D eigenvalue weighted by molar-refractivity contribution is 6.12. The number of carbonyl (C=O) groups is 2. The van der Waals surface area contributed by atoms with Crippen LogP contribution in [0.5, 0.6) is 11.5 Å². The largest absolute Gasteiger partial charge is 0.478 e. The molecule has 0 spiro atoms. The molecule has 1 amide bonds. The second kappa shape index (κ2) is 16.4. The first-order valence-corrected chi connectivity index (χ1v) is 20.4. The van der Waals surface area contributed by atoms with Crippen molar-refractivity contribution in [2.45, 2.75) is 12.5 Å². The van der Waals surface area contributed by atoms with Crippen LogP contribution in [0.25, 0.3) is 55.1 Å². The van der Waals surface area contributed by atoms with Crippen LogP contribution in [0.3, 0.4) is 0 Å². The molecule has 0 fully saturated rings. The predicted molar refractivity (Wildman–Crippen MR) is 249 cm³/mol. The summed E-state index contributed by atoms with van der Waals surface area (Å²) in [4.78, 5) is 40.2. The van der Waals surface area contributed by atoms with Crippen molar-refractivity contribution in [2.75, 3.05) is 16.0 Å². The molecule has 0 saturated carbocycles. The molecule has 8 aromatic carbocycles. The molecule has 5 N–H and O–H groups in total. The lowest BCUT2D eigenvalue weighted by Crippen LogP contribution is -2.41. The molecule has 63 heavy (non-hydrogen) atoms. The number of nitrogens with one attached hydrogen (secondary N) is 4. The van der Waals surface area contributed by atoms with Crippen molar-refractivity contribution in [3.8, 4) is 44.9 Å². The Balaban J connectivity index is 0.000000150. The van der Waals surface area contributed by atoms with E-state index < -0.39 is 5.97 Å². The van der Waals surface area contributed by atoms with Gasteiger partial charge in [0.05, 0.1) is 22.5 Å². The van der Waals surface area contributed by atoms with E-state index in [2.05, 4.69) is 69.5 Å². The normalized spacial score (nSPS) is 14.5. The molecule has 10 heteroatoms. The number of ether oxygens (including phenoxy) is 2. The zero-order chi connectivity index (χ0) is 42.9. The summed E-state index contributed by atoms with van der Waals surface area (Å²) in [7, 11) is 0. The molecule has 10 nitrogen and oxygen atoms in total. The Bertz CT molecular complexity index is 3160.